The van der Waals surface area contributed by atoms with Gasteiger partial charge in [0.15, 0.2) is 0 Å². The second-order valence-corrected chi connectivity index (χ2v) is 6.85. The molecule has 0 aromatic carbocycles. The summed E-state index contributed by atoms with van der Waals surface area (Å²) in [6, 6.07) is 0. The summed E-state index contributed by atoms with van der Waals surface area (Å²) >= 11 is 0. The van der Waals surface area contributed by atoms with Crippen LogP contribution in [-0.4, -0.2) is 12.3 Å². The van der Waals surface area contributed by atoms with Gasteiger partial charge in [0.25, 0.3) is 0 Å². The Kier molecular flexibility index (Phi) is 7.67. The molecule has 0 bridgehead atoms. The Bertz CT molecular complexity index is 248. The van der Waals surface area contributed by atoms with Gasteiger partial charge in [-0.25, -0.2) is 0 Å². The molecule has 2 heteroatoms. The molecule has 1 saturated carbocycles. The highest BCUT2D eigenvalue weighted by atomic mass is 16.1. The quantitative estimate of drug-likeness (QED) is 0.717. The lowest BCUT2D eigenvalue weighted by molar-refractivity contribution is -0.125. The molecule has 2 N–H and O–H groups in total. The van der Waals surface area contributed by atoms with Crippen molar-refractivity contribution >= 4 is 5.78 Å². The van der Waals surface area contributed by atoms with Crippen molar-refractivity contribution in [2.45, 2.75) is 72.1 Å². The molecule has 1 aliphatic carbocycles. The van der Waals surface area contributed by atoms with Crippen molar-refractivity contribution in [2.75, 3.05) is 6.54 Å². The molecule has 0 aliphatic heterocycles. The van der Waals surface area contributed by atoms with Crippen molar-refractivity contribution in [3.8, 4) is 0 Å². The minimum Gasteiger partial charge on any atom is -0.330 e. The van der Waals surface area contributed by atoms with Crippen LogP contribution in [0.15, 0.2) is 0 Å². The fraction of sp³-hybridized carbons (Fsp3) is 0.941. The van der Waals surface area contributed by atoms with E-state index in [1.807, 2.05) is 0 Å². The summed E-state index contributed by atoms with van der Waals surface area (Å²) in [5.41, 5.74) is 5.66. The van der Waals surface area contributed by atoms with Gasteiger partial charge in [0.05, 0.1) is 0 Å². The predicted octanol–water partition coefficient (Wildman–Crippen LogP) is 4.17. The molecule has 1 fully saturated rings. The minimum absolute atomic E-state index is 0.346. The van der Waals surface area contributed by atoms with Gasteiger partial charge in [-0.15, -0.1) is 0 Å². The molecule has 0 radical (unpaired) electrons. The maximum Gasteiger partial charge on any atom is 0.136 e. The summed E-state index contributed by atoms with van der Waals surface area (Å²) < 4.78 is 0. The van der Waals surface area contributed by atoms with Crippen LogP contribution in [0.5, 0.6) is 0 Å². The van der Waals surface area contributed by atoms with E-state index in [1.165, 1.54) is 19.3 Å². The van der Waals surface area contributed by atoms with E-state index in [9.17, 15) is 4.79 Å². The maximum atomic E-state index is 12.4. The van der Waals surface area contributed by atoms with Gasteiger partial charge in [-0.2, -0.15) is 0 Å². The van der Waals surface area contributed by atoms with Crippen LogP contribution in [0.3, 0.4) is 0 Å². The first kappa shape index (κ1) is 16.7. The van der Waals surface area contributed by atoms with Crippen molar-refractivity contribution in [1.82, 2.24) is 0 Å². The number of hydrogen-bond donors (Lipinski definition) is 1. The van der Waals surface area contributed by atoms with Crippen LogP contribution in [0.1, 0.15) is 72.1 Å². The summed E-state index contributed by atoms with van der Waals surface area (Å²) in [6.45, 7) is 7.57. The second-order valence-electron chi connectivity index (χ2n) is 6.85. The first-order chi connectivity index (χ1) is 9.06. The lowest BCUT2D eigenvalue weighted by atomic mass is 9.74. The largest absolute Gasteiger partial charge is 0.330 e. The summed E-state index contributed by atoms with van der Waals surface area (Å²) in [5, 5.41) is 0. The summed E-state index contributed by atoms with van der Waals surface area (Å²) in [5.74, 6) is 2.99. The Balaban J connectivity index is 2.36. The molecule has 3 atom stereocenters. The molecule has 0 heterocycles. The zero-order valence-electron chi connectivity index (χ0n) is 13.2. The van der Waals surface area contributed by atoms with Gasteiger partial charge >= 0.3 is 0 Å². The van der Waals surface area contributed by atoms with Gasteiger partial charge in [0.2, 0.25) is 0 Å². The normalized spacial score (nSPS) is 29.2. The van der Waals surface area contributed by atoms with Crippen LogP contribution >= 0.6 is 0 Å². The lowest BCUT2D eigenvalue weighted by Crippen LogP contribution is -2.26. The Labute approximate surface area is 119 Å². The average Bonchev–Trinajstić information content (AvgIpc) is 2.35. The molecule has 19 heavy (non-hydrogen) atoms. The molecular weight excluding hydrogens is 234 g/mol. The van der Waals surface area contributed by atoms with Gasteiger partial charge in [-0.3, -0.25) is 4.79 Å². The smallest absolute Gasteiger partial charge is 0.136 e. The molecule has 3 unspecified atom stereocenters. The van der Waals surface area contributed by atoms with E-state index >= 15 is 0 Å². The molecule has 1 aliphatic rings. The number of rotatable bonds is 8. The molecule has 0 amide bonds. The Morgan fingerprint density at radius 1 is 1.11 bits per heavy atom. The van der Waals surface area contributed by atoms with Gasteiger partial charge in [-0.1, -0.05) is 33.6 Å². The summed E-state index contributed by atoms with van der Waals surface area (Å²) in [6.07, 6.45) is 8.90. The molecule has 2 nitrogen and oxygen atoms in total. The molecule has 112 valence electrons. The van der Waals surface area contributed by atoms with E-state index in [2.05, 4.69) is 20.8 Å². The fourth-order valence-electron chi connectivity index (χ4n) is 3.84. The molecule has 0 aromatic heterocycles. The molecule has 0 aromatic rings. The maximum absolute atomic E-state index is 12.4. The first-order valence-corrected chi connectivity index (χ1v) is 8.29. The molecule has 1 rings (SSSR count). The van der Waals surface area contributed by atoms with Gasteiger partial charge in [0.1, 0.15) is 5.78 Å². The van der Waals surface area contributed by atoms with Crippen molar-refractivity contribution < 1.29 is 4.79 Å². The van der Waals surface area contributed by atoms with Gasteiger partial charge in [0, 0.05) is 12.3 Å². The van der Waals surface area contributed by atoms with Crippen LogP contribution in [0.25, 0.3) is 0 Å². The number of carbonyl (C=O) groups is 1. The highest BCUT2D eigenvalue weighted by Gasteiger charge is 2.28. The fourth-order valence-corrected chi connectivity index (χ4v) is 3.84. The average molecular weight is 267 g/mol. The van der Waals surface area contributed by atoms with Crippen molar-refractivity contribution in [3.05, 3.63) is 0 Å². The third-order valence-electron chi connectivity index (χ3n) is 4.70. The van der Waals surface area contributed by atoms with Crippen molar-refractivity contribution in [2.24, 2.45) is 29.4 Å². The summed E-state index contributed by atoms with van der Waals surface area (Å²) in [4.78, 5) is 12.4. The van der Waals surface area contributed by atoms with E-state index in [-0.39, 0.29) is 0 Å². The third kappa shape index (κ3) is 6.07. The molecule has 0 saturated heterocycles. The predicted molar refractivity (Wildman–Crippen MR) is 82.0 cm³/mol. The SMILES string of the molecule is CCCC(CCN)CCC(=O)C1CC(C)CC(C)C1. The molecule has 0 spiro atoms. The van der Waals surface area contributed by atoms with Crippen LogP contribution in [0.2, 0.25) is 0 Å². The number of hydrogen-bond acceptors (Lipinski definition) is 2. The Hall–Kier alpha value is -0.370. The van der Waals surface area contributed by atoms with Crippen LogP contribution in [0, 0.1) is 23.7 Å². The second kappa shape index (κ2) is 8.73. The topological polar surface area (TPSA) is 43.1 Å². The highest BCUT2D eigenvalue weighted by molar-refractivity contribution is 5.81. The third-order valence-corrected chi connectivity index (χ3v) is 4.70. The van der Waals surface area contributed by atoms with E-state index in [4.69, 9.17) is 5.73 Å². The zero-order chi connectivity index (χ0) is 14.3. The standard InChI is InChI=1S/C17H33NO/c1-4-5-15(8-9-18)6-7-17(19)16-11-13(2)10-14(3)12-16/h13-16H,4-12,18H2,1-3H3. The van der Waals surface area contributed by atoms with E-state index in [0.717, 1.165) is 50.5 Å². The number of nitrogens with two attached hydrogens (primary N) is 1. The summed E-state index contributed by atoms with van der Waals surface area (Å²) in [7, 11) is 0. The number of Topliss-reactive ketones (excluding diaryl/α,β-unsaturated/α-hetero) is 1. The molecular formula is C17H33NO. The van der Waals surface area contributed by atoms with E-state index < -0.39 is 0 Å². The van der Waals surface area contributed by atoms with E-state index in [0.29, 0.717) is 17.6 Å². The van der Waals surface area contributed by atoms with Crippen molar-refractivity contribution in [3.63, 3.8) is 0 Å². The zero-order valence-corrected chi connectivity index (χ0v) is 13.2. The highest BCUT2D eigenvalue weighted by Crippen LogP contribution is 2.34. The van der Waals surface area contributed by atoms with Crippen LogP contribution in [0.4, 0.5) is 0 Å². The van der Waals surface area contributed by atoms with Gasteiger partial charge in [-0.05, 0) is 56.4 Å². The number of ketones is 1. The minimum atomic E-state index is 0.346. The van der Waals surface area contributed by atoms with Crippen molar-refractivity contribution in [1.29, 1.82) is 0 Å². The first-order valence-electron chi connectivity index (χ1n) is 8.29. The Morgan fingerprint density at radius 3 is 2.26 bits per heavy atom. The lowest BCUT2D eigenvalue weighted by Gasteiger charge is -2.30. The van der Waals surface area contributed by atoms with E-state index in [1.54, 1.807) is 0 Å². The van der Waals surface area contributed by atoms with Crippen LogP contribution in [-0.2, 0) is 4.79 Å². The van der Waals surface area contributed by atoms with Gasteiger partial charge < -0.3 is 5.73 Å². The monoisotopic (exact) mass is 267 g/mol. The Morgan fingerprint density at radius 2 is 1.74 bits per heavy atom. The van der Waals surface area contributed by atoms with Crippen LogP contribution < -0.4 is 5.73 Å². The number of carbonyl (C=O) groups excluding carboxylic acids is 1.